The molecule has 0 unspecified atom stereocenters. The van der Waals surface area contributed by atoms with Crippen LogP contribution >= 0.6 is 11.6 Å². The zero-order chi connectivity index (χ0) is 14.8. The summed E-state index contributed by atoms with van der Waals surface area (Å²) in [6.07, 6.45) is 1.51. The number of nitrogens with one attached hydrogen (secondary N) is 1. The second kappa shape index (κ2) is 5.99. The largest absolute Gasteiger partial charge is 0.485 e. The molecule has 3 N–H and O–H groups in total. The summed E-state index contributed by atoms with van der Waals surface area (Å²) in [4.78, 5) is 12.4. The molecule has 1 aromatic carbocycles. The first-order valence-corrected chi connectivity index (χ1v) is 7.34. The zero-order valence-electron chi connectivity index (χ0n) is 11.5. The molecule has 0 amide bonds. The number of fused-ring (bicyclic) bond motifs is 1. The highest BCUT2D eigenvalue weighted by atomic mass is 35.5. The number of nitrogen functional groups attached to an aromatic ring is 1. The third kappa shape index (κ3) is 2.87. The molecular formula is C14H17ClN2O4. The van der Waals surface area contributed by atoms with Crippen molar-refractivity contribution in [2.75, 3.05) is 32.0 Å². The minimum Gasteiger partial charge on any atom is -0.485 e. The number of esters is 1. The van der Waals surface area contributed by atoms with Crippen molar-refractivity contribution in [3.8, 4) is 11.5 Å². The third-order valence-corrected chi connectivity index (χ3v) is 3.89. The van der Waals surface area contributed by atoms with Gasteiger partial charge in [0.05, 0.1) is 10.7 Å². The van der Waals surface area contributed by atoms with E-state index in [-0.39, 0.29) is 22.4 Å². The fourth-order valence-corrected chi connectivity index (χ4v) is 2.67. The van der Waals surface area contributed by atoms with Crippen molar-refractivity contribution in [1.82, 2.24) is 5.32 Å². The first-order valence-electron chi connectivity index (χ1n) is 6.96. The average molecular weight is 313 g/mol. The molecule has 0 atom stereocenters. The average Bonchev–Trinajstić information content (AvgIpc) is 2.52. The molecule has 1 fully saturated rings. The lowest BCUT2D eigenvalue weighted by Gasteiger charge is -2.25. The summed E-state index contributed by atoms with van der Waals surface area (Å²) >= 11 is 6.06. The number of carbonyl (C=O) groups is 1. The van der Waals surface area contributed by atoms with Crippen LogP contribution in [0, 0.1) is 0 Å². The highest BCUT2D eigenvalue weighted by Gasteiger charge is 2.28. The van der Waals surface area contributed by atoms with E-state index < -0.39 is 5.97 Å². The number of ether oxygens (including phenoxy) is 3. The Hall–Kier alpha value is -1.66. The van der Waals surface area contributed by atoms with E-state index in [4.69, 9.17) is 31.5 Å². The molecule has 3 rings (SSSR count). The minimum absolute atomic E-state index is 0.0877. The Labute approximate surface area is 127 Å². The maximum Gasteiger partial charge on any atom is 0.342 e. The number of benzene rings is 1. The summed E-state index contributed by atoms with van der Waals surface area (Å²) in [5.41, 5.74) is 6.41. The Bertz CT molecular complexity index is 558. The van der Waals surface area contributed by atoms with Crippen molar-refractivity contribution in [2.45, 2.75) is 18.9 Å². The van der Waals surface area contributed by atoms with E-state index in [0.29, 0.717) is 24.7 Å². The van der Waals surface area contributed by atoms with Crippen LogP contribution in [0.5, 0.6) is 11.5 Å². The molecule has 0 bridgehead atoms. The lowest BCUT2D eigenvalue weighted by molar-refractivity contribution is 0.0222. The molecule has 1 aromatic rings. The van der Waals surface area contributed by atoms with E-state index in [2.05, 4.69) is 5.32 Å². The van der Waals surface area contributed by atoms with Crippen molar-refractivity contribution in [1.29, 1.82) is 0 Å². The van der Waals surface area contributed by atoms with E-state index >= 15 is 0 Å². The summed E-state index contributed by atoms with van der Waals surface area (Å²) in [7, 11) is 0. The number of carbonyl (C=O) groups excluding carboxylic acids is 1. The smallest absolute Gasteiger partial charge is 0.342 e. The predicted octanol–water partition coefficient (Wildman–Crippen LogP) is 1.60. The molecule has 1 saturated heterocycles. The van der Waals surface area contributed by atoms with Gasteiger partial charge in [0.25, 0.3) is 0 Å². The van der Waals surface area contributed by atoms with Gasteiger partial charge >= 0.3 is 5.97 Å². The Morgan fingerprint density at radius 1 is 1.29 bits per heavy atom. The highest BCUT2D eigenvalue weighted by molar-refractivity contribution is 6.34. The van der Waals surface area contributed by atoms with Gasteiger partial charge in [-0.15, -0.1) is 0 Å². The third-order valence-electron chi connectivity index (χ3n) is 3.58. The van der Waals surface area contributed by atoms with E-state index in [1.165, 1.54) is 6.07 Å². The molecular weight excluding hydrogens is 296 g/mol. The van der Waals surface area contributed by atoms with Crippen LogP contribution in [0.4, 0.5) is 5.69 Å². The van der Waals surface area contributed by atoms with Crippen molar-refractivity contribution in [3.63, 3.8) is 0 Å². The van der Waals surface area contributed by atoms with Crippen LogP contribution in [0.2, 0.25) is 5.02 Å². The highest BCUT2D eigenvalue weighted by Crippen LogP contribution is 2.43. The van der Waals surface area contributed by atoms with Gasteiger partial charge in [0, 0.05) is 0 Å². The van der Waals surface area contributed by atoms with Crippen LogP contribution < -0.4 is 20.5 Å². The number of halogens is 1. The van der Waals surface area contributed by atoms with Gasteiger partial charge in [-0.2, -0.15) is 0 Å². The van der Waals surface area contributed by atoms with Crippen molar-refractivity contribution < 1.29 is 19.0 Å². The van der Waals surface area contributed by atoms with Gasteiger partial charge in [-0.25, -0.2) is 4.79 Å². The van der Waals surface area contributed by atoms with Crippen LogP contribution in [0.25, 0.3) is 0 Å². The first kappa shape index (κ1) is 14.3. The van der Waals surface area contributed by atoms with Crippen LogP contribution in [0.3, 0.4) is 0 Å². The molecule has 0 aliphatic carbocycles. The van der Waals surface area contributed by atoms with Crippen molar-refractivity contribution in [2.24, 2.45) is 0 Å². The van der Waals surface area contributed by atoms with Crippen LogP contribution in [-0.4, -0.2) is 38.4 Å². The molecule has 0 radical (unpaired) electrons. The first-order chi connectivity index (χ1) is 10.2. The Balaban J connectivity index is 1.86. The van der Waals surface area contributed by atoms with E-state index in [9.17, 15) is 4.79 Å². The lowest BCUT2D eigenvalue weighted by Crippen LogP contribution is -2.34. The van der Waals surface area contributed by atoms with Gasteiger partial charge < -0.3 is 25.3 Å². The summed E-state index contributed by atoms with van der Waals surface area (Å²) in [6.45, 7) is 2.43. The van der Waals surface area contributed by atoms with Gasteiger partial charge in [-0.3, -0.25) is 0 Å². The molecule has 7 heteroatoms. The molecule has 6 nitrogen and oxygen atoms in total. The molecule has 2 aliphatic heterocycles. The van der Waals surface area contributed by atoms with Gasteiger partial charge in [0.1, 0.15) is 24.9 Å². The summed E-state index contributed by atoms with van der Waals surface area (Å²) in [6, 6.07) is 1.48. The fourth-order valence-electron chi connectivity index (χ4n) is 2.48. The van der Waals surface area contributed by atoms with E-state index in [1.807, 2.05) is 0 Å². The lowest BCUT2D eigenvalue weighted by atomic mass is 10.1. The molecule has 21 heavy (non-hydrogen) atoms. The second-order valence-electron chi connectivity index (χ2n) is 5.03. The Kier molecular flexibility index (Phi) is 4.07. The maximum absolute atomic E-state index is 12.4. The molecule has 2 heterocycles. The molecule has 114 valence electrons. The quantitative estimate of drug-likeness (QED) is 0.637. The number of piperidine rings is 1. The number of rotatable bonds is 2. The standard InChI is InChI=1S/C14H17ClN2O4/c15-10-7-9(12-13(11(10)16)20-6-5-19-12)14(18)21-8-1-3-17-4-2-8/h7-8,17H,1-6,16H2. The molecule has 0 saturated carbocycles. The predicted molar refractivity (Wildman–Crippen MR) is 78.2 cm³/mol. The topological polar surface area (TPSA) is 82.8 Å². The normalized spacial score (nSPS) is 18.3. The van der Waals surface area contributed by atoms with Crippen LogP contribution in [0.15, 0.2) is 6.07 Å². The summed E-state index contributed by atoms with van der Waals surface area (Å²) in [5.74, 6) is 0.193. The molecule has 0 spiro atoms. The molecule has 0 aromatic heterocycles. The monoisotopic (exact) mass is 312 g/mol. The fraction of sp³-hybridized carbons (Fsp3) is 0.500. The zero-order valence-corrected chi connectivity index (χ0v) is 12.2. The van der Waals surface area contributed by atoms with Gasteiger partial charge in [0.2, 0.25) is 0 Å². The summed E-state index contributed by atoms with van der Waals surface area (Å²) in [5, 5.41) is 3.48. The van der Waals surface area contributed by atoms with Crippen molar-refractivity contribution >= 4 is 23.3 Å². The van der Waals surface area contributed by atoms with Gasteiger partial charge in [-0.1, -0.05) is 11.6 Å². The minimum atomic E-state index is -0.453. The van der Waals surface area contributed by atoms with Crippen molar-refractivity contribution in [3.05, 3.63) is 16.7 Å². The van der Waals surface area contributed by atoms with Gasteiger partial charge in [-0.05, 0) is 32.0 Å². The molecule has 2 aliphatic rings. The number of nitrogens with two attached hydrogens (primary N) is 1. The Morgan fingerprint density at radius 3 is 2.67 bits per heavy atom. The van der Waals surface area contributed by atoms with E-state index in [0.717, 1.165) is 25.9 Å². The Morgan fingerprint density at radius 2 is 1.95 bits per heavy atom. The number of anilines is 1. The number of hydrogen-bond acceptors (Lipinski definition) is 6. The maximum atomic E-state index is 12.4. The number of hydrogen-bond donors (Lipinski definition) is 2. The SMILES string of the molecule is Nc1c(Cl)cc(C(=O)OC2CCNCC2)c2c1OCCO2. The van der Waals surface area contributed by atoms with Gasteiger partial charge in [0.15, 0.2) is 11.5 Å². The van der Waals surface area contributed by atoms with Crippen LogP contribution in [0.1, 0.15) is 23.2 Å². The van der Waals surface area contributed by atoms with Crippen LogP contribution in [-0.2, 0) is 4.74 Å². The van der Waals surface area contributed by atoms with E-state index in [1.54, 1.807) is 0 Å². The summed E-state index contributed by atoms with van der Waals surface area (Å²) < 4.78 is 16.5. The second-order valence-corrected chi connectivity index (χ2v) is 5.44.